The molecular weight excluding hydrogens is 558 g/mol. The van der Waals surface area contributed by atoms with Crippen molar-refractivity contribution in [2.75, 3.05) is 0 Å². The lowest BCUT2D eigenvalue weighted by Gasteiger charge is -2.39. The highest BCUT2D eigenvalue weighted by atomic mass is 14.9. The van der Waals surface area contributed by atoms with Gasteiger partial charge in [0, 0.05) is 33.9 Å². The van der Waals surface area contributed by atoms with E-state index >= 15 is 0 Å². The summed E-state index contributed by atoms with van der Waals surface area (Å²) < 4.78 is 0. The molecule has 3 aliphatic rings. The summed E-state index contributed by atoms with van der Waals surface area (Å²) >= 11 is 0. The summed E-state index contributed by atoms with van der Waals surface area (Å²) in [5.41, 5.74) is 13.2. The van der Waals surface area contributed by atoms with Gasteiger partial charge in [0.2, 0.25) is 0 Å². The molecule has 2 aromatic heterocycles. The van der Waals surface area contributed by atoms with Gasteiger partial charge in [0.15, 0.2) is 5.82 Å². The average Bonchev–Trinajstić information content (AvgIpc) is 3.15. The van der Waals surface area contributed by atoms with E-state index in [1.54, 1.807) is 0 Å². The molecule has 5 aromatic rings. The molecule has 3 nitrogen and oxygen atoms in total. The molecule has 0 amide bonds. The number of nitrogens with zero attached hydrogens (tertiary/aromatic N) is 3. The van der Waals surface area contributed by atoms with Crippen LogP contribution in [0.3, 0.4) is 0 Å². The van der Waals surface area contributed by atoms with Crippen LogP contribution in [0.25, 0.3) is 33.7 Å². The van der Waals surface area contributed by atoms with Gasteiger partial charge in [-0.05, 0) is 72.9 Å². The highest BCUT2D eigenvalue weighted by molar-refractivity contribution is 5.81. The van der Waals surface area contributed by atoms with Crippen LogP contribution in [-0.2, 0) is 11.8 Å². The number of allylic oxidation sites excluding steroid dienone is 5. The van der Waals surface area contributed by atoms with E-state index in [1.807, 2.05) is 6.20 Å². The minimum absolute atomic E-state index is 0.0240. The van der Waals surface area contributed by atoms with Crippen molar-refractivity contribution in [1.82, 2.24) is 15.0 Å². The summed E-state index contributed by atoms with van der Waals surface area (Å²) in [6.07, 6.45) is 21.3. The van der Waals surface area contributed by atoms with Crippen LogP contribution in [0.4, 0.5) is 0 Å². The van der Waals surface area contributed by atoms with Gasteiger partial charge < -0.3 is 0 Å². The summed E-state index contributed by atoms with van der Waals surface area (Å²) in [7, 11) is 0. The maximum Gasteiger partial charge on any atom is 0.160 e. The fourth-order valence-electron chi connectivity index (χ4n) is 7.69. The maximum atomic E-state index is 5.10. The van der Waals surface area contributed by atoms with Crippen LogP contribution in [0.2, 0.25) is 0 Å². The van der Waals surface area contributed by atoms with Crippen molar-refractivity contribution in [3.05, 3.63) is 161 Å². The average molecular weight is 598 g/mol. The third-order valence-electron chi connectivity index (χ3n) is 10.1. The number of aryl methyl sites for hydroxylation is 1. The Morgan fingerprint density at radius 1 is 0.587 bits per heavy atom. The second-order valence-corrected chi connectivity index (χ2v) is 12.9. The van der Waals surface area contributed by atoms with Crippen molar-refractivity contribution < 1.29 is 0 Å². The topological polar surface area (TPSA) is 38.7 Å². The molecule has 0 saturated heterocycles. The van der Waals surface area contributed by atoms with E-state index in [9.17, 15) is 0 Å². The molecule has 226 valence electrons. The predicted molar refractivity (Wildman–Crippen MR) is 189 cm³/mol. The zero-order chi connectivity index (χ0) is 30.8. The van der Waals surface area contributed by atoms with E-state index in [0.717, 1.165) is 65.3 Å². The van der Waals surface area contributed by atoms with Crippen molar-refractivity contribution in [2.24, 2.45) is 0 Å². The molecule has 3 heteroatoms. The van der Waals surface area contributed by atoms with Gasteiger partial charge in [0.25, 0.3) is 0 Å². The van der Waals surface area contributed by atoms with Gasteiger partial charge in [0.1, 0.15) is 0 Å². The summed E-state index contributed by atoms with van der Waals surface area (Å²) in [6.45, 7) is 0. The van der Waals surface area contributed by atoms with Crippen molar-refractivity contribution in [1.29, 1.82) is 0 Å². The largest absolute Gasteiger partial charge is 0.256 e. The second-order valence-electron chi connectivity index (χ2n) is 12.9. The van der Waals surface area contributed by atoms with Gasteiger partial charge in [-0.1, -0.05) is 128 Å². The molecule has 1 saturated carbocycles. The molecule has 0 aliphatic heterocycles. The minimum atomic E-state index is 0.0240. The third-order valence-corrected chi connectivity index (χ3v) is 10.1. The summed E-state index contributed by atoms with van der Waals surface area (Å²) in [5.74, 6) is 0.797. The molecule has 0 N–H and O–H groups in total. The van der Waals surface area contributed by atoms with Gasteiger partial charge in [-0.3, -0.25) is 4.98 Å². The summed E-state index contributed by atoms with van der Waals surface area (Å²) in [5, 5.41) is 0. The van der Waals surface area contributed by atoms with Gasteiger partial charge in [-0.2, -0.15) is 0 Å². The normalized spacial score (nSPS) is 17.1. The van der Waals surface area contributed by atoms with Gasteiger partial charge in [0.05, 0.1) is 17.1 Å². The lowest BCUT2D eigenvalue weighted by molar-refractivity contribution is 0.346. The molecule has 2 heterocycles. The maximum absolute atomic E-state index is 5.10. The summed E-state index contributed by atoms with van der Waals surface area (Å²) in [4.78, 5) is 14.9. The molecule has 3 aliphatic carbocycles. The first kappa shape index (κ1) is 28.6. The van der Waals surface area contributed by atoms with E-state index in [2.05, 4.69) is 121 Å². The SMILES string of the molecule is C1=CC(c2nc(-c3ccccc3)cc(-c3ccc(C4(c5ccc(C6=CCCc7cccnc76)cc5)CCCCC4)cc3)n2)=CCC1. The first-order chi connectivity index (χ1) is 22.8. The molecule has 8 rings (SSSR count). The van der Waals surface area contributed by atoms with Gasteiger partial charge >= 0.3 is 0 Å². The molecule has 0 radical (unpaired) electrons. The predicted octanol–water partition coefficient (Wildman–Crippen LogP) is 10.6. The monoisotopic (exact) mass is 597 g/mol. The van der Waals surface area contributed by atoms with E-state index in [1.165, 1.54) is 59.9 Å². The lowest BCUT2D eigenvalue weighted by Crippen LogP contribution is -2.30. The fraction of sp³-hybridized carbons (Fsp3) is 0.233. The van der Waals surface area contributed by atoms with Crippen molar-refractivity contribution in [2.45, 2.75) is 63.2 Å². The Morgan fingerprint density at radius 3 is 1.98 bits per heavy atom. The Kier molecular flexibility index (Phi) is 7.75. The molecule has 0 bridgehead atoms. The number of benzene rings is 3. The highest BCUT2D eigenvalue weighted by Gasteiger charge is 2.35. The van der Waals surface area contributed by atoms with Gasteiger partial charge in [-0.25, -0.2) is 9.97 Å². The standard InChI is InChI=1S/C43H39N3/c1-4-12-32(13-5-1)39-30-40(46-42(45-39)35-14-6-2-7-15-35)33-21-25-37(26-22-33)43(27-8-3-9-28-43)36-23-19-31(20-24-36)38-18-10-16-34-17-11-29-44-41(34)38/h1,4-6,11-15,17-26,29-30H,2-3,7-10,16,27-28H2. The van der Waals surface area contributed by atoms with E-state index in [0.29, 0.717) is 0 Å². The van der Waals surface area contributed by atoms with Crippen LogP contribution in [0.15, 0.2) is 128 Å². The number of hydrogen-bond donors (Lipinski definition) is 0. The van der Waals surface area contributed by atoms with Crippen molar-refractivity contribution in [3.8, 4) is 22.5 Å². The fourth-order valence-corrected chi connectivity index (χ4v) is 7.69. The summed E-state index contributed by atoms with van der Waals surface area (Å²) in [6, 6.07) is 35.6. The number of hydrogen-bond acceptors (Lipinski definition) is 3. The van der Waals surface area contributed by atoms with Crippen LogP contribution >= 0.6 is 0 Å². The second kappa shape index (κ2) is 12.5. The highest BCUT2D eigenvalue weighted by Crippen LogP contribution is 2.46. The Hall–Kier alpha value is -4.89. The van der Waals surface area contributed by atoms with Crippen LogP contribution < -0.4 is 0 Å². The Labute approximate surface area is 272 Å². The van der Waals surface area contributed by atoms with E-state index in [4.69, 9.17) is 15.0 Å². The van der Waals surface area contributed by atoms with Crippen molar-refractivity contribution in [3.63, 3.8) is 0 Å². The Balaban J connectivity index is 1.14. The Bertz CT molecular complexity index is 1940. The molecule has 0 spiro atoms. The first-order valence-electron chi connectivity index (χ1n) is 16.9. The third kappa shape index (κ3) is 5.45. The van der Waals surface area contributed by atoms with Crippen LogP contribution in [0.5, 0.6) is 0 Å². The van der Waals surface area contributed by atoms with Crippen molar-refractivity contribution >= 4 is 11.1 Å². The minimum Gasteiger partial charge on any atom is -0.256 e. The molecule has 0 atom stereocenters. The number of fused-ring (bicyclic) bond motifs is 1. The molecule has 0 unspecified atom stereocenters. The van der Waals surface area contributed by atoms with Gasteiger partial charge in [-0.15, -0.1) is 0 Å². The first-order valence-corrected chi connectivity index (χ1v) is 16.9. The lowest BCUT2D eigenvalue weighted by atomic mass is 9.65. The number of rotatable bonds is 6. The van der Waals surface area contributed by atoms with E-state index < -0.39 is 0 Å². The van der Waals surface area contributed by atoms with E-state index in [-0.39, 0.29) is 5.41 Å². The number of aromatic nitrogens is 3. The molecule has 3 aromatic carbocycles. The molecule has 46 heavy (non-hydrogen) atoms. The quantitative estimate of drug-likeness (QED) is 0.195. The van der Waals surface area contributed by atoms with Crippen LogP contribution in [-0.4, -0.2) is 15.0 Å². The van der Waals surface area contributed by atoms with Crippen LogP contribution in [0.1, 0.15) is 85.1 Å². The molecule has 1 fully saturated rings. The molecular formula is C43H39N3. The smallest absolute Gasteiger partial charge is 0.160 e. The van der Waals surface area contributed by atoms with Crippen LogP contribution in [0, 0.1) is 0 Å². The zero-order valence-corrected chi connectivity index (χ0v) is 26.3. The number of pyridine rings is 1. The zero-order valence-electron chi connectivity index (χ0n) is 26.3. The Morgan fingerprint density at radius 2 is 1.28 bits per heavy atom.